The molecule has 1 aromatic heterocycles. The Labute approximate surface area is 118 Å². The second-order valence-electron chi connectivity index (χ2n) is 4.58. The van der Waals surface area contributed by atoms with Crippen LogP contribution in [0.3, 0.4) is 0 Å². The fourth-order valence-electron chi connectivity index (χ4n) is 1.95. The summed E-state index contributed by atoms with van der Waals surface area (Å²) in [6, 6.07) is 3.87. The van der Waals surface area contributed by atoms with Crippen LogP contribution in [0, 0.1) is 5.92 Å². The lowest BCUT2D eigenvalue weighted by molar-refractivity contribution is -0.146. The molecule has 0 radical (unpaired) electrons. The summed E-state index contributed by atoms with van der Waals surface area (Å²) in [4.78, 5) is 23.6. The van der Waals surface area contributed by atoms with Crippen molar-refractivity contribution in [2.45, 2.75) is 31.7 Å². The van der Waals surface area contributed by atoms with Gasteiger partial charge in [0.05, 0.1) is 15.6 Å². The van der Waals surface area contributed by atoms with Crippen LogP contribution in [0.25, 0.3) is 0 Å². The summed E-state index contributed by atoms with van der Waals surface area (Å²) in [7, 11) is 0. The number of aliphatic carboxylic acids is 1. The van der Waals surface area contributed by atoms with Gasteiger partial charge in [0.2, 0.25) is 5.91 Å². The number of rotatable bonds is 4. The van der Waals surface area contributed by atoms with Crippen LogP contribution in [0.2, 0.25) is 0 Å². The van der Waals surface area contributed by atoms with Gasteiger partial charge in [-0.3, -0.25) is 9.59 Å². The molecule has 1 saturated carbocycles. The summed E-state index contributed by atoms with van der Waals surface area (Å²) in [5.41, 5.74) is 0. The third-order valence-corrected chi connectivity index (χ3v) is 5.05. The smallest absolute Gasteiger partial charge is 0.306 e. The van der Waals surface area contributed by atoms with E-state index in [1.54, 1.807) is 11.3 Å². The Bertz CT molecular complexity index is 468. The van der Waals surface area contributed by atoms with Crippen LogP contribution in [0.1, 0.15) is 30.6 Å². The molecule has 1 atom stereocenters. The number of amides is 1. The first-order chi connectivity index (χ1) is 8.47. The van der Waals surface area contributed by atoms with E-state index in [9.17, 15) is 9.59 Å². The molecule has 0 spiro atoms. The Balaban J connectivity index is 1.84. The molecule has 1 fully saturated rings. The second-order valence-corrected chi connectivity index (χ2v) is 7.07. The summed E-state index contributed by atoms with van der Waals surface area (Å²) >= 11 is 4.91. The molecule has 18 heavy (non-hydrogen) atoms. The predicted molar refractivity (Wildman–Crippen MR) is 72.7 cm³/mol. The molecule has 1 amide bonds. The molecule has 0 aliphatic heterocycles. The van der Waals surface area contributed by atoms with Crippen LogP contribution in [0.15, 0.2) is 15.9 Å². The molecule has 6 heteroatoms. The topological polar surface area (TPSA) is 66.4 Å². The van der Waals surface area contributed by atoms with Crippen molar-refractivity contribution in [3.63, 3.8) is 0 Å². The van der Waals surface area contributed by atoms with Crippen LogP contribution < -0.4 is 5.32 Å². The minimum atomic E-state index is -0.768. The van der Waals surface area contributed by atoms with Crippen molar-refractivity contribution in [1.82, 2.24) is 5.32 Å². The van der Waals surface area contributed by atoms with Gasteiger partial charge < -0.3 is 10.4 Å². The van der Waals surface area contributed by atoms with E-state index < -0.39 is 5.97 Å². The third-order valence-electron chi connectivity index (χ3n) is 3.25. The molecule has 98 valence electrons. The molecular formula is C12H14BrNO3S. The standard InChI is InChI=1S/C12H14BrNO3S/c1-6(9-2-3-10(13)18-9)11(15)14-8-4-7(5-8)12(16)17/h2-3,6-8H,4-5H2,1H3,(H,14,15)(H,16,17). The van der Waals surface area contributed by atoms with Crippen LogP contribution in [-0.2, 0) is 9.59 Å². The molecule has 1 heterocycles. The Morgan fingerprint density at radius 1 is 1.50 bits per heavy atom. The number of carbonyl (C=O) groups is 2. The minimum Gasteiger partial charge on any atom is -0.481 e. The van der Waals surface area contributed by atoms with Gasteiger partial charge in [-0.15, -0.1) is 11.3 Å². The number of carboxylic acids is 1. The number of halogens is 1. The van der Waals surface area contributed by atoms with Crippen LogP contribution >= 0.6 is 27.3 Å². The maximum absolute atomic E-state index is 12.0. The van der Waals surface area contributed by atoms with Gasteiger partial charge in [0.15, 0.2) is 0 Å². The van der Waals surface area contributed by atoms with Gasteiger partial charge in [0.1, 0.15) is 0 Å². The summed E-state index contributed by atoms with van der Waals surface area (Å²) in [6.45, 7) is 1.86. The number of carbonyl (C=O) groups excluding carboxylic acids is 1. The molecule has 2 N–H and O–H groups in total. The number of nitrogens with one attached hydrogen (secondary N) is 1. The monoisotopic (exact) mass is 331 g/mol. The number of hydrogen-bond acceptors (Lipinski definition) is 3. The normalized spacial score (nSPS) is 24.1. The van der Waals surface area contributed by atoms with Crippen molar-refractivity contribution in [3.8, 4) is 0 Å². The van der Waals surface area contributed by atoms with Gasteiger partial charge in [-0.2, -0.15) is 0 Å². The lowest BCUT2D eigenvalue weighted by atomic mass is 9.80. The van der Waals surface area contributed by atoms with E-state index in [1.807, 2.05) is 19.1 Å². The zero-order valence-corrected chi connectivity index (χ0v) is 12.3. The van der Waals surface area contributed by atoms with Crippen LogP contribution in [0.4, 0.5) is 0 Å². The highest BCUT2D eigenvalue weighted by molar-refractivity contribution is 9.11. The summed E-state index contributed by atoms with van der Waals surface area (Å²) in [5.74, 6) is -1.28. The molecule has 0 aromatic carbocycles. The molecule has 2 rings (SSSR count). The van der Waals surface area contributed by atoms with Crippen molar-refractivity contribution < 1.29 is 14.7 Å². The molecule has 1 aliphatic rings. The van der Waals surface area contributed by atoms with E-state index >= 15 is 0 Å². The van der Waals surface area contributed by atoms with Crippen LogP contribution in [-0.4, -0.2) is 23.0 Å². The van der Waals surface area contributed by atoms with Gasteiger partial charge in [-0.1, -0.05) is 0 Å². The average Bonchev–Trinajstić information content (AvgIpc) is 2.67. The highest BCUT2D eigenvalue weighted by Gasteiger charge is 2.36. The van der Waals surface area contributed by atoms with Crippen molar-refractivity contribution in [3.05, 3.63) is 20.8 Å². The van der Waals surface area contributed by atoms with Gasteiger partial charge in [0, 0.05) is 10.9 Å². The van der Waals surface area contributed by atoms with Crippen molar-refractivity contribution in [2.24, 2.45) is 5.92 Å². The third kappa shape index (κ3) is 2.92. The molecule has 1 aliphatic carbocycles. The van der Waals surface area contributed by atoms with Crippen molar-refractivity contribution in [2.75, 3.05) is 0 Å². The average molecular weight is 332 g/mol. The number of thiophene rings is 1. The van der Waals surface area contributed by atoms with Crippen molar-refractivity contribution in [1.29, 1.82) is 0 Å². The van der Waals surface area contributed by atoms with E-state index in [0.717, 1.165) is 8.66 Å². The molecule has 0 saturated heterocycles. The Kier molecular flexibility index (Phi) is 4.07. The fourth-order valence-corrected chi connectivity index (χ4v) is 3.43. The molecule has 1 aromatic rings. The number of hydrogen-bond donors (Lipinski definition) is 2. The Morgan fingerprint density at radius 3 is 2.67 bits per heavy atom. The van der Waals surface area contributed by atoms with E-state index in [-0.39, 0.29) is 23.8 Å². The van der Waals surface area contributed by atoms with Gasteiger partial charge in [-0.05, 0) is 47.8 Å². The Hall–Kier alpha value is -0.880. The SMILES string of the molecule is CC(C(=O)NC1CC(C(=O)O)C1)c1ccc(Br)s1. The molecule has 4 nitrogen and oxygen atoms in total. The lowest BCUT2D eigenvalue weighted by Gasteiger charge is -2.33. The first-order valence-electron chi connectivity index (χ1n) is 5.75. The molecule has 1 unspecified atom stereocenters. The first kappa shape index (κ1) is 13.5. The van der Waals surface area contributed by atoms with Crippen molar-refractivity contribution >= 4 is 39.1 Å². The zero-order chi connectivity index (χ0) is 13.3. The lowest BCUT2D eigenvalue weighted by Crippen LogP contribution is -2.47. The van der Waals surface area contributed by atoms with Gasteiger partial charge in [0.25, 0.3) is 0 Å². The summed E-state index contributed by atoms with van der Waals surface area (Å²) < 4.78 is 1.01. The molecule has 0 bridgehead atoms. The number of carboxylic acid groups (broad SMARTS) is 1. The van der Waals surface area contributed by atoms with Gasteiger partial charge >= 0.3 is 5.97 Å². The summed E-state index contributed by atoms with van der Waals surface area (Å²) in [5, 5.41) is 11.7. The summed E-state index contributed by atoms with van der Waals surface area (Å²) in [6.07, 6.45) is 1.09. The highest BCUT2D eigenvalue weighted by Crippen LogP contribution is 2.31. The largest absolute Gasteiger partial charge is 0.481 e. The Morgan fingerprint density at radius 2 is 2.17 bits per heavy atom. The first-order valence-corrected chi connectivity index (χ1v) is 7.36. The fraction of sp³-hybridized carbons (Fsp3) is 0.500. The van der Waals surface area contributed by atoms with E-state index in [1.165, 1.54) is 0 Å². The van der Waals surface area contributed by atoms with Crippen LogP contribution in [0.5, 0.6) is 0 Å². The van der Waals surface area contributed by atoms with E-state index in [2.05, 4.69) is 21.2 Å². The second kappa shape index (κ2) is 5.40. The highest BCUT2D eigenvalue weighted by atomic mass is 79.9. The van der Waals surface area contributed by atoms with E-state index in [4.69, 9.17) is 5.11 Å². The van der Waals surface area contributed by atoms with E-state index in [0.29, 0.717) is 12.8 Å². The maximum atomic E-state index is 12.0. The quantitative estimate of drug-likeness (QED) is 0.891. The minimum absolute atomic E-state index is 0.0180. The maximum Gasteiger partial charge on any atom is 0.306 e. The van der Waals surface area contributed by atoms with Gasteiger partial charge in [-0.25, -0.2) is 0 Å². The zero-order valence-electron chi connectivity index (χ0n) is 9.85. The molecular weight excluding hydrogens is 318 g/mol. The predicted octanol–water partition coefficient (Wildman–Crippen LogP) is 2.59.